The van der Waals surface area contributed by atoms with E-state index < -0.39 is 6.04 Å². The Morgan fingerprint density at radius 1 is 1.53 bits per heavy atom. The van der Waals surface area contributed by atoms with Crippen LogP contribution in [0.4, 0.5) is 0 Å². The van der Waals surface area contributed by atoms with Crippen molar-refractivity contribution in [3.63, 3.8) is 0 Å². The molecule has 84 valence electrons. The fourth-order valence-electron chi connectivity index (χ4n) is 2.31. The molecule has 3 unspecified atom stereocenters. The van der Waals surface area contributed by atoms with Gasteiger partial charge in [-0.05, 0) is 19.3 Å². The molecule has 2 heterocycles. The number of hydrogen-bond acceptors (Lipinski definition) is 3. The molecule has 15 heavy (non-hydrogen) atoms. The Labute approximate surface area is 90.1 Å². The highest BCUT2D eigenvalue weighted by atomic mass is 16.5. The van der Waals surface area contributed by atoms with Crippen molar-refractivity contribution in [2.24, 2.45) is 5.73 Å². The maximum Gasteiger partial charge on any atom is 0.239 e. The lowest BCUT2D eigenvalue weighted by Crippen LogP contribution is -2.51. The standard InChI is InChI=1S/C11H18N2O2/c1-2-3-10(12)11(14)13-6-8-4-5-9(7-13)15-8/h2,8-10H,1,3-7,12H2. The van der Waals surface area contributed by atoms with Gasteiger partial charge >= 0.3 is 0 Å². The lowest BCUT2D eigenvalue weighted by atomic mass is 10.1. The van der Waals surface area contributed by atoms with Gasteiger partial charge in [-0.2, -0.15) is 0 Å². The summed E-state index contributed by atoms with van der Waals surface area (Å²) in [4.78, 5) is 13.8. The lowest BCUT2D eigenvalue weighted by molar-refractivity contribution is -0.141. The number of nitrogens with zero attached hydrogens (tertiary/aromatic N) is 1. The summed E-state index contributed by atoms with van der Waals surface area (Å²) in [5, 5.41) is 0. The number of likely N-dealkylation sites (tertiary alicyclic amines) is 1. The summed E-state index contributed by atoms with van der Waals surface area (Å²) < 4.78 is 5.66. The molecule has 4 nitrogen and oxygen atoms in total. The maximum absolute atomic E-state index is 11.9. The molecule has 2 saturated heterocycles. The molecule has 0 radical (unpaired) electrons. The smallest absolute Gasteiger partial charge is 0.239 e. The molecule has 3 atom stereocenters. The number of ether oxygens (including phenoxy) is 1. The Balaban J connectivity index is 1.93. The van der Waals surface area contributed by atoms with Gasteiger partial charge in [0.2, 0.25) is 5.91 Å². The first-order chi connectivity index (χ1) is 7.20. The lowest BCUT2D eigenvalue weighted by Gasteiger charge is -2.33. The SMILES string of the molecule is C=CCC(N)C(=O)N1CC2CCC(C1)O2. The predicted octanol–water partition coefficient (Wildman–Crippen LogP) is 0.280. The molecule has 2 fully saturated rings. The number of carbonyl (C=O) groups is 1. The van der Waals surface area contributed by atoms with Crippen LogP contribution in [0.25, 0.3) is 0 Å². The van der Waals surface area contributed by atoms with Crippen molar-refractivity contribution in [1.29, 1.82) is 0 Å². The van der Waals surface area contributed by atoms with E-state index in [0.717, 1.165) is 12.8 Å². The summed E-state index contributed by atoms with van der Waals surface area (Å²) >= 11 is 0. The highest BCUT2D eigenvalue weighted by molar-refractivity contribution is 5.82. The molecular weight excluding hydrogens is 192 g/mol. The van der Waals surface area contributed by atoms with Crippen LogP contribution in [0.2, 0.25) is 0 Å². The Bertz CT molecular complexity index is 255. The number of rotatable bonds is 3. The van der Waals surface area contributed by atoms with Crippen molar-refractivity contribution in [2.45, 2.75) is 37.5 Å². The number of morpholine rings is 1. The van der Waals surface area contributed by atoms with Crippen molar-refractivity contribution in [3.8, 4) is 0 Å². The van der Waals surface area contributed by atoms with Crippen LogP contribution in [-0.4, -0.2) is 42.1 Å². The quantitative estimate of drug-likeness (QED) is 0.681. The van der Waals surface area contributed by atoms with E-state index in [1.54, 1.807) is 6.08 Å². The third-order valence-corrected chi connectivity index (χ3v) is 3.09. The fraction of sp³-hybridized carbons (Fsp3) is 0.727. The van der Waals surface area contributed by atoms with E-state index in [4.69, 9.17) is 10.5 Å². The molecule has 2 N–H and O–H groups in total. The predicted molar refractivity (Wildman–Crippen MR) is 57.3 cm³/mol. The summed E-state index contributed by atoms with van der Waals surface area (Å²) in [7, 11) is 0. The number of nitrogens with two attached hydrogens (primary N) is 1. The monoisotopic (exact) mass is 210 g/mol. The molecule has 0 saturated carbocycles. The molecule has 1 amide bonds. The molecule has 0 aromatic heterocycles. The van der Waals surface area contributed by atoms with Gasteiger partial charge in [-0.1, -0.05) is 6.08 Å². The van der Waals surface area contributed by atoms with Crippen LogP contribution in [0.15, 0.2) is 12.7 Å². The zero-order chi connectivity index (χ0) is 10.8. The van der Waals surface area contributed by atoms with Crippen molar-refractivity contribution in [3.05, 3.63) is 12.7 Å². The van der Waals surface area contributed by atoms with Gasteiger partial charge in [-0.15, -0.1) is 6.58 Å². The van der Waals surface area contributed by atoms with E-state index >= 15 is 0 Å². The van der Waals surface area contributed by atoms with Crippen LogP contribution in [0.5, 0.6) is 0 Å². The Hall–Kier alpha value is -0.870. The second-order valence-corrected chi connectivity index (χ2v) is 4.33. The van der Waals surface area contributed by atoms with Gasteiger partial charge in [-0.3, -0.25) is 4.79 Å². The molecular formula is C11H18N2O2. The average Bonchev–Trinajstić information content (AvgIpc) is 2.57. The van der Waals surface area contributed by atoms with Gasteiger partial charge in [0.1, 0.15) is 0 Å². The van der Waals surface area contributed by atoms with Crippen LogP contribution < -0.4 is 5.73 Å². The highest BCUT2D eigenvalue weighted by Gasteiger charge is 2.36. The first-order valence-corrected chi connectivity index (χ1v) is 5.51. The summed E-state index contributed by atoms with van der Waals surface area (Å²) in [6, 6.07) is -0.431. The van der Waals surface area contributed by atoms with Gasteiger partial charge in [0, 0.05) is 13.1 Å². The van der Waals surface area contributed by atoms with Gasteiger partial charge in [-0.25, -0.2) is 0 Å². The molecule has 2 aliphatic heterocycles. The molecule has 0 aliphatic carbocycles. The zero-order valence-electron chi connectivity index (χ0n) is 8.89. The van der Waals surface area contributed by atoms with E-state index in [1.165, 1.54) is 0 Å². The minimum Gasteiger partial charge on any atom is -0.371 e. The minimum atomic E-state index is -0.431. The Morgan fingerprint density at radius 3 is 2.67 bits per heavy atom. The van der Waals surface area contributed by atoms with E-state index in [9.17, 15) is 4.79 Å². The molecule has 0 spiro atoms. The average molecular weight is 210 g/mol. The normalized spacial score (nSPS) is 31.4. The van der Waals surface area contributed by atoms with Crippen LogP contribution in [0, 0.1) is 0 Å². The Kier molecular flexibility index (Phi) is 3.07. The number of amides is 1. The maximum atomic E-state index is 11.9. The van der Waals surface area contributed by atoms with Crippen LogP contribution in [0.1, 0.15) is 19.3 Å². The molecule has 2 aliphatic rings. The van der Waals surface area contributed by atoms with Crippen molar-refractivity contribution < 1.29 is 9.53 Å². The van der Waals surface area contributed by atoms with Crippen molar-refractivity contribution in [2.75, 3.05) is 13.1 Å². The minimum absolute atomic E-state index is 0.0371. The molecule has 2 bridgehead atoms. The molecule has 0 aromatic rings. The summed E-state index contributed by atoms with van der Waals surface area (Å²) in [6.07, 6.45) is 4.87. The molecule has 0 aromatic carbocycles. The van der Waals surface area contributed by atoms with Gasteiger partial charge in [0.15, 0.2) is 0 Å². The summed E-state index contributed by atoms with van der Waals surface area (Å²) in [5.41, 5.74) is 5.77. The fourth-order valence-corrected chi connectivity index (χ4v) is 2.31. The summed E-state index contributed by atoms with van der Waals surface area (Å²) in [5.74, 6) is 0.0371. The first kappa shape index (κ1) is 10.6. The highest BCUT2D eigenvalue weighted by Crippen LogP contribution is 2.26. The molecule has 4 heteroatoms. The van der Waals surface area contributed by atoms with Crippen LogP contribution in [0.3, 0.4) is 0 Å². The van der Waals surface area contributed by atoms with Gasteiger partial charge in [0.05, 0.1) is 18.2 Å². The zero-order valence-corrected chi connectivity index (χ0v) is 8.89. The third-order valence-electron chi connectivity index (χ3n) is 3.09. The number of hydrogen-bond donors (Lipinski definition) is 1. The summed E-state index contributed by atoms with van der Waals surface area (Å²) in [6.45, 7) is 5.01. The second kappa shape index (κ2) is 4.33. The van der Waals surface area contributed by atoms with Gasteiger partial charge in [0.25, 0.3) is 0 Å². The third kappa shape index (κ3) is 2.21. The number of fused-ring (bicyclic) bond motifs is 2. The van der Waals surface area contributed by atoms with E-state index in [-0.39, 0.29) is 18.1 Å². The first-order valence-electron chi connectivity index (χ1n) is 5.51. The van der Waals surface area contributed by atoms with Crippen molar-refractivity contribution in [1.82, 2.24) is 4.90 Å². The van der Waals surface area contributed by atoms with Gasteiger partial charge < -0.3 is 15.4 Å². The van der Waals surface area contributed by atoms with E-state index in [1.807, 2.05) is 4.90 Å². The van der Waals surface area contributed by atoms with Crippen molar-refractivity contribution >= 4 is 5.91 Å². The number of carbonyl (C=O) groups excluding carboxylic acids is 1. The molecule has 2 rings (SSSR count). The largest absolute Gasteiger partial charge is 0.371 e. The topological polar surface area (TPSA) is 55.6 Å². The van der Waals surface area contributed by atoms with E-state index in [0.29, 0.717) is 19.5 Å². The van der Waals surface area contributed by atoms with Crippen LogP contribution >= 0.6 is 0 Å². The second-order valence-electron chi connectivity index (χ2n) is 4.33. The van der Waals surface area contributed by atoms with Crippen LogP contribution in [-0.2, 0) is 9.53 Å². The van der Waals surface area contributed by atoms with E-state index in [2.05, 4.69) is 6.58 Å². The Morgan fingerprint density at radius 2 is 2.13 bits per heavy atom.